The van der Waals surface area contributed by atoms with Crippen molar-refractivity contribution in [1.29, 1.82) is 0 Å². The van der Waals surface area contributed by atoms with E-state index in [0.717, 1.165) is 24.9 Å². The second kappa shape index (κ2) is 6.41. The summed E-state index contributed by atoms with van der Waals surface area (Å²) in [4.78, 5) is 10.8. The number of aliphatic hydroxyl groups is 1. The molecule has 0 atom stereocenters. The molecule has 0 bridgehead atoms. The second-order valence-corrected chi connectivity index (χ2v) is 5.82. The largest absolute Gasteiger partial charge is 0.475 e. The van der Waals surface area contributed by atoms with Crippen LogP contribution >= 0.6 is 0 Å². The zero-order chi connectivity index (χ0) is 14.6. The van der Waals surface area contributed by atoms with Crippen LogP contribution in [0.4, 0.5) is 0 Å². The molecule has 0 aromatic carbocycles. The SMILES string of the molecule is Cc1oc(C(=O)O)cc1CNCC1(CO)CCCCC1. The first-order valence-corrected chi connectivity index (χ1v) is 7.20. The number of rotatable bonds is 6. The van der Waals surface area contributed by atoms with Crippen molar-refractivity contribution in [2.45, 2.75) is 45.6 Å². The first-order chi connectivity index (χ1) is 9.56. The van der Waals surface area contributed by atoms with Crippen molar-refractivity contribution in [3.8, 4) is 0 Å². The number of carboxylic acid groups (broad SMARTS) is 1. The number of furan rings is 1. The van der Waals surface area contributed by atoms with E-state index in [-0.39, 0.29) is 17.8 Å². The number of nitrogens with one attached hydrogen (secondary N) is 1. The highest BCUT2D eigenvalue weighted by atomic mass is 16.4. The molecule has 1 fully saturated rings. The van der Waals surface area contributed by atoms with Gasteiger partial charge in [0.15, 0.2) is 0 Å². The molecule has 2 rings (SSSR count). The summed E-state index contributed by atoms with van der Waals surface area (Å²) >= 11 is 0. The lowest BCUT2D eigenvalue weighted by Crippen LogP contribution is -2.38. The maximum atomic E-state index is 10.8. The third-order valence-electron chi connectivity index (χ3n) is 4.30. The van der Waals surface area contributed by atoms with Crippen molar-refractivity contribution in [2.24, 2.45) is 5.41 Å². The zero-order valence-electron chi connectivity index (χ0n) is 11.9. The summed E-state index contributed by atoms with van der Waals surface area (Å²) in [5.74, 6) is -0.427. The van der Waals surface area contributed by atoms with Crippen molar-refractivity contribution < 1.29 is 19.4 Å². The van der Waals surface area contributed by atoms with E-state index in [0.29, 0.717) is 12.3 Å². The summed E-state index contributed by atoms with van der Waals surface area (Å²) < 4.78 is 5.18. The molecular formula is C15H23NO4. The van der Waals surface area contributed by atoms with E-state index in [9.17, 15) is 9.90 Å². The lowest BCUT2D eigenvalue weighted by atomic mass is 9.74. The van der Waals surface area contributed by atoms with Crippen molar-refractivity contribution in [3.63, 3.8) is 0 Å². The molecule has 0 aliphatic heterocycles. The van der Waals surface area contributed by atoms with E-state index >= 15 is 0 Å². The van der Waals surface area contributed by atoms with Gasteiger partial charge in [0.2, 0.25) is 5.76 Å². The van der Waals surface area contributed by atoms with Gasteiger partial charge < -0.3 is 19.9 Å². The van der Waals surface area contributed by atoms with Gasteiger partial charge in [-0.15, -0.1) is 0 Å². The minimum absolute atomic E-state index is 0.00841. The normalized spacial score (nSPS) is 18.1. The van der Waals surface area contributed by atoms with Crippen LogP contribution in [0.25, 0.3) is 0 Å². The predicted octanol–water partition coefficient (Wildman–Crippen LogP) is 2.32. The van der Waals surface area contributed by atoms with Gasteiger partial charge in [0, 0.05) is 30.7 Å². The molecule has 1 aliphatic rings. The lowest BCUT2D eigenvalue weighted by Gasteiger charge is -2.35. The number of hydrogen-bond acceptors (Lipinski definition) is 4. The molecule has 5 heteroatoms. The van der Waals surface area contributed by atoms with Gasteiger partial charge in [-0.05, 0) is 25.8 Å². The van der Waals surface area contributed by atoms with E-state index in [1.165, 1.54) is 19.3 Å². The molecule has 1 aliphatic carbocycles. The summed E-state index contributed by atoms with van der Waals surface area (Å²) in [6.07, 6.45) is 5.72. The molecule has 5 nitrogen and oxygen atoms in total. The van der Waals surface area contributed by atoms with Crippen LogP contribution in [0.15, 0.2) is 10.5 Å². The Balaban J connectivity index is 1.90. The van der Waals surface area contributed by atoms with Gasteiger partial charge in [0.1, 0.15) is 5.76 Å². The van der Waals surface area contributed by atoms with Crippen molar-refractivity contribution in [3.05, 3.63) is 23.2 Å². The van der Waals surface area contributed by atoms with Crippen LogP contribution in [0.2, 0.25) is 0 Å². The molecule has 0 unspecified atom stereocenters. The van der Waals surface area contributed by atoms with Gasteiger partial charge in [-0.2, -0.15) is 0 Å². The summed E-state index contributed by atoms with van der Waals surface area (Å²) in [5, 5.41) is 21.9. The van der Waals surface area contributed by atoms with Gasteiger partial charge in [0.05, 0.1) is 0 Å². The molecule has 0 spiro atoms. The molecule has 20 heavy (non-hydrogen) atoms. The van der Waals surface area contributed by atoms with E-state index in [2.05, 4.69) is 5.32 Å². The summed E-state index contributed by atoms with van der Waals surface area (Å²) in [5.41, 5.74) is 0.859. The van der Waals surface area contributed by atoms with Gasteiger partial charge >= 0.3 is 5.97 Å². The molecule has 1 heterocycles. The minimum Gasteiger partial charge on any atom is -0.475 e. The average Bonchev–Trinajstić information content (AvgIpc) is 2.82. The van der Waals surface area contributed by atoms with Crippen LogP contribution < -0.4 is 5.32 Å². The summed E-state index contributed by atoms with van der Waals surface area (Å²) in [6, 6.07) is 1.57. The Labute approximate surface area is 119 Å². The molecule has 0 saturated heterocycles. The van der Waals surface area contributed by atoms with Crippen molar-refractivity contribution >= 4 is 5.97 Å². The quantitative estimate of drug-likeness (QED) is 0.745. The third kappa shape index (κ3) is 3.41. The summed E-state index contributed by atoms with van der Waals surface area (Å²) in [6.45, 7) is 3.32. The van der Waals surface area contributed by atoms with E-state index in [4.69, 9.17) is 9.52 Å². The first kappa shape index (κ1) is 15.1. The Hall–Kier alpha value is -1.33. The van der Waals surface area contributed by atoms with E-state index < -0.39 is 5.97 Å². The standard InChI is InChI=1S/C15H23NO4/c1-11-12(7-13(20-11)14(18)19)8-16-9-15(10-17)5-3-2-4-6-15/h7,16-17H,2-6,8-10H2,1H3,(H,18,19). The molecule has 0 amide bonds. The highest BCUT2D eigenvalue weighted by Gasteiger charge is 2.30. The number of hydrogen-bond donors (Lipinski definition) is 3. The highest BCUT2D eigenvalue weighted by Crippen LogP contribution is 2.35. The molecule has 1 saturated carbocycles. The number of carbonyl (C=O) groups is 1. The van der Waals surface area contributed by atoms with Crippen LogP contribution in [0, 0.1) is 12.3 Å². The van der Waals surface area contributed by atoms with Crippen molar-refractivity contribution in [2.75, 3.05) is 13.2 Å². The van der Waals surface area contributed by atoms with Gasteiger partial charge in [-0.25, -0.2) is 4.79 Å². The Morgan fingerprint density at radius 1 is 1.40 bits per heavy atom. The molecule has 3 N–H and O–H groups in total. The second-order valence-electron chi connectivity index (χ2n) is 5.82. The predicted molar refractivity (Wildman–Crippen MR) is 74.7 cm³/mol. The van der Waals surface area contributed by atoms with Gasteiger partial charge in [-0.1, -0.05) is 19.3 Å². The van der Waals surface area contributed by atoms with Gasteiger partial charge in [-0.3, -0.25) is 0 Å². The number of aromatic carboxylic acids is 1. The Morgan fingerprint density at radius 2 is 2.10 bits per heavy atom. The van der Waals surface area contributed by atoms with E-state index in [1.54, 1.807) is 13.0 Å². The zero-order valence-corrected chi connectivity index (χ0v) is 11.9. The molecule has 1 aromatic heterocycles. The van der Waals surface area contributed by atoms with Crippen LogP contribution in [-0.2, 0) is 6.54 Å². The molecule has 0 radical (unpaired) electrons. The monoisotopic (exact) mass is 281 g/mol. The average molecular weight is 281 g/mol. The first-order valence-electron chi connectivity index (χ1n) is 7.20. The molecular weight excluding hydrogens is 258 g/mol. The van der Waals surface area contributed by atoms with Crippen LogP contribution in [-0.4, -0.2) is 29.3 Å². The fraction of sp³-hybridized carbons (Fsp3) is 0.667. The maximum Gasteiger partial charge on any atom is 0.371 e. The Morgan fingerprint density at radius 3 is 2.65 bits per heavy atom. The Bertz CT molecular complexity index is 460. The minimum atomic E-state index is -1.04. The molecule has 1 aromatic rings. The summed E-state index contributed by atoms with van der Waals surface area (Å²) in [7, 11) is 0. The van der Waals surface area contributed by atoms with Crippen LogP contribution in [0.3, 0.4) is 0 Å². The lowest BCUT2D eigenvalue weighted by molar-refractivity contribution is 0.0661. The highest BCUT2D eigenvalue weighted by molar-refractivity contribution is 5.84. The number of carboxylic acids is 1. The van der Waals surface area contributed by atoms with Gasteiger partial charge in [0.25, 0.3) is 0 Å². The molecule has 112 valence electrons. The Kier molecular flexibility index (Phi) is 4.83. The fourth-order valence-electron chi connectivity index (χ4n) is 2.96. The maximum absolute atomic E-state index is 10.8. The third-order valence-corrected chi connectivity index (χ3v) is 4.30. The topological polar surface area (TPSA) is 82.7 Å². The fourth-order valence-corrected chi connectivity index (χ4v) is 2.96. The van der Waals surface area contributed by atoms with Crippen LogP contribution in [0.1, 0.15) is 54.0 Å². The number of aryl methyl sites for hydroxylation is 1. The van der Waals surface area contributed by atoms with Crippen molar-refractivity contribution in [1.82, 2.24) is 5.32 Å². The number of aliphatic hydroxyl groups excluding tert-OH is 1. The van der Waals surface area contributed by atoms with Crippen LogP contribution in [0.5, 0.6) is 0 Å². The smallest absolute Gasteiger partial charge is 0.371 e. The van der Waals surface area contributed by atoms with E-state index in [1.807, 2.05) is 0 Å².